The van der Waals surface area contributed by atoms with Crippen LogP contribution in [0.5, 0.6) is 0 Å². The van der Waals surface area contributed by atoms with Gasteiger partial charge in [0.15, 0.2) is 0 Å². The Morgan fingerprint density at radius 1 is 1.33 bits per heavy atom. The monoisotopic (exact) mass is 259 g/mol. The van der Waals surface area contributed by atoms with Crippen LogP contribution in [0.25, 0.3) is 0 Å². The molecule has 1 rings (SSSR count). The third-order valence-corrected chi connectivity index (χ3v) is 3.17. The summed E-state index contributed by atoms with van der Waals surface area (Å²) in [5, 5.41) is 0. The first-order valence-corrected chi connectivity index (χ1v) is 6.76. The van der Waals surface area contributed by atoms with Crippen molar-refractivity contribution >= 4 is 23.7 Å². The molecule has 0 aromatic heterocycles. The molecule has 0 aliphatic rings. The average molecular weight is 259 g/mol. The van der Waals surface area contributed by atoms with Crippen LogP contribution in [0, 0.1) is 0 Å². The lowest BCUT2D eigenvalue weighted by molar-refractivity contribution is -0.104. The van der Waals surface area contributed by atoms with Gasteiger partial charge in [-0.3, -0.25) is 4.79 Å². The maximum Gasteiger partial charge on any atom is 0.142 e. The molecular weight excluding hydrogens is 242 g/mol. The van der Waals surface area contributed by atoms with Crippen LogP contribution < -0.4 is 4.90 Å². The van der Waals surface area contributed by atoms with Crippen LogP contribution in [0.3, 0.4) is 0 Å². The summed E-state index contributed by atoms with van der Waals surface area (Å²) >= 11 is 1.72. The van der Waals surface area contributed by atoms with E-state index in [0.29, 0.717) is 0 Å². The lowest BCUT2D eigenvalue weighted by atomic mass is 10.2. The third-order valence-electron chi connectivity index (χ3n) is 2.43. The summed E-state index contributed by atoms with van der Waals surface area (Å²) in [5.41, 5.74) is 1.98. The SMILES string of the molecule is C=CC(/C=C\C=O)=C/N(C)c1ccc(SC)cc1. The van der Waals surface area contributed by atoms with E-state index in [4.69, 9.17) is 0 Å². The van der Waals surface area contributed by atoms with Gasteiger partial charge in [-0.05, 0) is 42.2 Å². The van der Waals surface area contributed by atoms with Crippen molar-refractivity contribution in [3.8, 4) is 0 Å². The van der Waals surface area contributed by atoms with Gasteiger partial charge < -0.3 is 4.90 Å². The molecule has 0 spiro atoms. The molecule has 1 aromatic carbocycles. The lowest BCUT2D eigenvalue weighted by Gasteiger charge is -2.15. The summed E-state index contributed by atoms with van der Waals surface area (Å²) in [6.07, 6.45) is 9.64. The molecule has 0 atom stereocenters. The molecule has 18 heavy (non-hydrogen) atoms. The summed E-state index contributed by atoms with van der Waals surface area (Å²) < 4.78 is 0. The number of aldehydes is 1. The quantitative estimate of drug-likeness (QED) is 0.336. The minimum atomic E-state index is 0.755. The molecule has 0 aliphatic heterocycles. The molecule has 0 aliphatic carbocycles. The van der Waals surface area contributed by atoms with Crippen molar-refractivity contribution in [3.63, 3.8) is 0 Å². The molecule has 94 valence electrons. The molecule has 0 unspecified atom stereocenters. The van der Waals surface area contributed by atoms with Crippen LogP contribution in [0.4, 0.5) is 5.69 Å². The van der Waals surface area contributed by atoms with Crippen molar-refractivity contribution < 1.29 is 4.79 Å². The molecular formula is C15H17NOS. The van der Waals surface area contributed by atoms with E-state index in [2.05, 4.69) is 37.1 Å². The van der Waals surface area contributed by atoms with E-state index in [0.717, 1.165) is 17.5 Å². The molecule has 0 radical (unpaired) electrons. The number of carbonyl (C=O) groups is 1. The number of anilines is 1. The number of hydrogen-bond donors (Lipinski definition) is 0. The second-order valence-electron chi connectivity index (χ2n) is 3.64. The predicted octanol–water partition coefficient (Wildman–Crippen LogP) is 3.67. The van der Waals surface area contributed by atoms with E-state index in [-0.39, 0.29) is 0 Å². The zero-order valence-electron chi connectivity index (χ0n) is 10.7. The fraction of sp³-hybridized carbons (Fsp3) is 0.133. The summed E-state index contributed by atoms with van der Waals surface area (Å²) in [4.78, 5) is 13.5. The number of carbonyl (C=O) groups excluding carboxylic acids is 1. The Hall–Kier alpha value is -1.74. The van der Waals surface area contributed by atoms with E-state index in [1.165, 1.54) is 11.0 Å². The number of thioether (sulfide) groups is 1. The average Bonchev–Trinajstić information content (AvgIpc) is 2.43. The van der Waals surface area contributed by atoms with Crippen LogP contribution in [-0.2, 0) is 4.79 Å². The zero-order valence-corrected chi connectivity index (χ0v) is 11.5. The van der Waals surface area contributed by atoms with Gasteiger partial charge in [-0.15, -0.1) is 11.8 Å². The highest BCUT2D eigenvalue weighted by Gasteiger charge is 1.98. The maximum absolute atomic E-state index is 10.3. The van der Waals surface area contributed by atoms with Gasteiger partial charge in [-0.1, -0.05) is 18.7 Å². The van der Waals surface area contributed by atoms with Gasteiger partial charge in [0.1, 0.15) is 6.29 Å². The van der Waals surface area contributed by atoms with Crippen molar-refractivity contribution in [1.29, 1.82) is 0 Å². The number of benzene rings is 1. The maximum atomic E-state index is 10.3. The van der Waals surface area contributed by atoms with Crippen molar-refractivity contribution in [2.24, 2.45) is 0 Å². The smallest absolute Gasteiger partial charge is 0.142 e. The van der Waals surface area contributed by atoms with Gasteiger partial charge in [0, 0.05) is 23.8 Å². The minimum Gasteiger partial charge on any atom is -0.350 e. The number of allylic oxidation sites excluding steroid dienone is 4. The van der Waals surface area contributed by atoms with Crippen LogP contribution in [-0.4, -0.2) is 19.6 Å². The molecule has 2 nitrogen and oxygen atoms in total. The topological polar surface area (TPSA) is 20.3 Å². The molecule has 1 aromatic rings. The van der Waals surface area contributed by atoms with Crippen molar-refractivity contribution in [1.82, 2.24) is 0 Å². The Kier molecular flexibility index (Phi) is 6.01. The number of nitrogens with zero attached hydrogens (tertiary/aromatic N) is 1. The normalized spacial score (nSPS) is 11.6. The van der Waals surface area contributed by atoms with Gasteiger partial charge in [0.05, 0.1) is 0 Å². The minimum absolute atomic E-state index is 0.755. The van der Waals surface area contributed by atoms with Gasteiger partial charge in [0.2, 0.25) is 0 Å². The second-order valence-corrected chi connectivity index (χ2v) is 4.52. The molecule has 0 saturated heterocycles. The third kappa shape index (κ3) is 4.26. The standard InChI is InChI=1S/C15H17NOS/c1-4-13(6-5-11-17)12-16(2)14-7-9-15(18-3)10-8-14/h4-12H,1H2,2-3H3/b6-5-,13-12-. The van der Waals surface area contributed by atoms with Crippen molar-refractivity contribution in [2.75, 3.05) is 18.2 Å². The molecule has 0 heterocycles. The van der Waals surface area contributed by atoms with Crippen LogP contribution >= 0.6 is 11.8 Å². The van der Waals surface area contributed by atoms with Crippen LogP contribution in [0.1, 0.15) is 0 Å². The largest absolute Gasteiger partial charge is 0.350 e. The molecule has 0 saturated carbocycles. The van der Waals surface area contributed by atoms with E-state index < -0.39 is 0 Å². The van der Waals surface area contributed by atoms with E-state index in [1.54, 1.807) is 23.9 Å². The molecule has 0 fully saturated rings. The summed E-state index contributed by atoms with van der Waals surface area (Å²) in [6, 6.07) is 8.29. The molecule has 3 heteroatoms. The Morgan fingerprint density at radius 3 is 2.50 bits per heavy atom. The van der Waals surface area contributed by atoms with Gasteiger partial charge in [-0.25, -0.2) is 0 Å². The summed E-state index contributed by atoms with van der Waals surface area (Å²) in [7, 11) is 1.96. The fourth-order valence-electron chi connectivity index (χ4n) is 1.43. The van der Waals surface area contributed by atoms with Gasteiger partial charge in [-0.2, -0.15) is 0 Å². The Bertz CT molecular complexity index is 460. The molecule has 0 amide bonds. The highest BCUT2D eigenvalue weighted by atomic mass is 32.2. The lowest BCUT2D eigenvalue weighted by Crippen LogP contribution is -2.08. The van der Waals surface area contributed by atoms with E-state index in [1.807, 2.05) is 18.1 Å². The fourth-order valence-corrected chi connectivity index (χ4v) is 1.84. The van der Waals surface area contributed by atoms with Crippen molar-refractivity contribution in [3.05, 3.63) is 60.8 Å². The molecule has 0 N–H and O–H groups in total. The first-order valence-electron chi connectivity index (χ1n) is 5.54. The van der Waals surface area contributed by atoms with Crippen LogP contribution in [0.2, 0.25) is 0 Å². The van der Waals surface area contributed by atoms with E-state index >= 15 is 0 Å². The first-order chi connectivity index (χ1) is 8.71. The highest BCUT2D eigenvalue weighted by Crippen LogP contribution is 2.20. The Balaban J connectivity index is 2.87. The van der Waals surface area contributed by atoms with Gasteiger partial charge >= 0.3 is 0 Å². The number of rotatable bonds is 6. The van der Waals surface area contributed by atoms with Gasteiger partial charge in [0.25, 0.3) is 0 Å². The highest BCUT2D eigenvalue weighted by molar-refractivity contribution is 7.98. The first kappa shape index (κ1) is 14.3. The van der Waals surface area contributed by atoms with E-state index in [9.17, 15) is 4.79 Å². The van der Waals surface area contributed by atoms with Crippen LogP contribution in [0.15, 0.2) is 65.7 Å². The zero-order chi connectivity index (χ0) is 13.4. The predicted molar refractivity (Wildman–Crippen MR) is 80.1 cm³/mol. The Morgan fingerprint density at radius 2 is 2.00 bits per heavy atom. The second kappa shape index (κ2) is 7.56. The summed E-state index contributed by atoms with van der Waals surface area (Å²) in [5.74, 6) is 0. The summed E-state index contributed by atoms with van der Waals surface area (Å²) in [6.45, 7) is 3.72. The van der Waals surface area contributed by atoms with Crippen molar-refractivity contribution in [2.45, 2.75) is 4.90 Å². The molecule has 0 bridgehead atoms. The Labute approximate surface area is 113 Å². The number of hydrogen-bond acceptors (Lipinski definition) is 3.